The Hall–Kier alpha value is -1.55. The minimum atomic E-state index is -0.725. The van der Waals surface area contributed by atoms with Crippen molar-refractivity contribution < 1.29 is 14.3 Å². The van der Waals surface area contributed by atoms with Gasteiger partial charge in [0.1, 0.15) is 5.75 Å². The summed E-state index contributed by atoms with van der Waals surface area (Å²) in [5, 5.41) is 0. The molecule has 0 fully saturated rings. The van der Waals surface area contributed by atoms with E-state index in [0.717, 1.165) is 11.3 Å². The Kier molecular flexibility index (Phi) is 5.16. The van der Waals surface area contributed by atoms with Crippen molar-refractivity contribution in [2.75, 3.05) is 13.2 Å². The molecule has 0 radical (unpaired) electrons. The lowest BCUT2D eigenvalue weighted by atomic mass is 9.90. The molecule has 18 heavy (non-hydrogen) atoms. The maximum atomic E-state index is 11.5. The number of hydrogen-bond acceptors (Lipinski definition) is 4. The molecule has 100 valence electrons. The SMILES string of the molecule is CCOC(=O)CC(C)(N)c1ccc(OCC)cc1. The molecule has 1 rings (SSSR count). The molecule has 1 unspecified atom stereocenters. The van der Waals surface area contributed by atoms with E-state index in [1.165, 1.54) is 0 Å². The third-order valence-corrected chi connectivity index (χ3v) is 2.64. The molecule has 4 nitrogen and oxygen atoms in total. The molecule has 0 aliphatic rings. The van der Waals surface area contributed by atoms with Gasteiger partial charge in [-0.3, -0.25) is 4.79 Å². The number of nitrogens with two attached hydrogens (primary N) is 1. The second kappa shape index (κ2) is 6.40. The van der Waals surface area contributed by atoms with Gasteiger partial charge in [0.05, 0.1) is 19.6 Å². The maximum Gasteiger partial charge on any atom is 0.307 e. The zero-order valence-corrected chi connectivity index (χ0v) is 11.2. The molecule has 4 heteroatoms. The van der Waals surface area contributed by atoms with Crippen molar-refractivity contribution in [3.05, 3.63) is 29.8 Å². The van der Waals surface area contributed by atoms with Crippen LogP contribution >= 0.6 is 0 Å². The minimum absolute atomic E-state index is 0.162. The van der Waals surface area contributed by atoms with E-state index in [0.29, 0.717) is 13.2 Å². The summed E-state index contributed by atoms with van der Waals surface area (Å²) < 4.78 is 10.3. The summed E-state index contributed by atoms with van der Waals surface area (Å²) in [6.07, 6.45) is 0.162. The minimum Gasteiger partial charge on any atom is -0.494 e. The number of rotatable bonds is 6. The highest BCUT2D eigenvalue weighted by Gasteiger charge is 2.25. The third-order valence-electron chi connectivity index (χ3n) is 2.64. The average molecular weight is 251 g/mol. The zero-order valence-electron chi connectivity index (χ0n) is 11.2. The molecule has 0 saturated carbocycles. The summed E-state index contributed by atoms with van der Waals surface area (Å²) in [7, 11) is 0. The molecule has 0 heterocycles. The van der Waals surface area contributed by atoms with E-state index < -0.39 is 5.54 Å². The topological polar surface area (TPSA) is 61.5 Å². The fraction of sp³-hybridized carbons (Fsp3) is 0.500. The first kappa shape index (κ1) is 14.5. The highest BCUT2D eigenvalue weighted by Crippen LogP contribution is 2.24. The van der Waals surface area contributed by atoms with Crippen molar-refractivity contribution in [3.8, 4) is 5.75 Å². The normalized spacial score (nSPS) is 13.8. The van der Waals surface area contributed by atoms with Crippen LogP contribution in [0.15, 0.2) is 24.3 Å². The molecule has 0 spiro atoms. The van der Waals surface area contributed by atoms with Crippen LogP contribution in [0, 0.1) is 0 Å². The van der Waals surface area contributed by atoms with E-state index in [9.17, 15) is 4.79 Å². The number of carbonyl (C=O) groups is 1. The first-order valence-corrected chi connectivity index (χ1v) is 6.17. The largest absolute Gasteiger partial charge is 0.494 e. The molecular formula is C14H21NO3. The standard InChI is InChI=1S/C14H21NO3/c1-4-17-12-8-6-11(7-9-12)14(3,15)10-13(16)18-5-2/h6-9H,4-5,10,15H2,1-3H3. The Morgan fingerprint density at radius 3 is 2.33 bits per heavy atom. The van der Waals surface area contributed by atoms with Crippen molar-refractivity contribution >= 4 is 5.97 Å². The van der Waals surface area contributed by atoms with E-state index in [4.69, 9.17) is 15.2 Å². The van der Waals surface area contributed by atoms with Crippen LogP contribution in [0.5, 0.6) is 5.75 Å². The monoisotopic (exact) mass is 251 g/mol. The first-order valence-electron chi connectivity index (χ1n) is 6.17. The van der Waals surface area contributed by atoms with Crippen LogP contribution in [0.3, 0.4) is 0 Å². The van der Waals surface area contributed by atoms with Gasteiger partial charge in [-0.15, -0.1) is 0 Å². The summed E-state index contributed by atoms with van der Waals surface area (Å²) in [4.78, 5) is 11.5. The van der Waals surface area contributed by atoms with Gasteiger partial charge >= 0.3 is 5.97 Å². The van der Waals surface area contributed by atoms with Gasteiger partial charge in [-0.05, 0) is 38.5 Å². The van der Waals surface area contributed by atoms with Crippen LogP contribution in [0.1, 0.15) is 32.8 Å². The summed E-state index contributed by atoms with van der Waals surface area (Å²) in [5.74, 6) is 0.518. The van der Waals surface area contributed by atoms with Crippen LogP contribution in [0.4, 0.5) is 0 Å². The van der Waals surface area contributed by atoms with Gasteiger partial charge in [0.25, 0.3) is 0 Å². The van der Waals surface area contributed by atoms with E-state index in [-0.39, 0.29) is 12.4 Å². The Balaban J connectivity index is 2.74. The number of benzene rings is 1. The van der Waals surface area contributed by atoms with Crippen molar-refractivity contribution in [1.82, 2.24) is 0 Å². The quantitative estimate of drug-likeness (QED) is 0.787. The number of hydrogen-bond donors (Lipinski definition) is 1. The Bertz CT molecular complexity index is 385. The smallest absolute Gasteiger partial charge is 0.307 e. The summed E-state index contributed by atoms with van der Waals surface area (Å²) >= 11 is 0. The highest BCUT2D eigenvalue weighted by molar-refractivity contribution is 5.71. The van der Waals surface area contributed by atoms with Crippen LogP contribution < -0.4 is 10.5 Å². The van der Waals surface area contributed by atoms with Gasteiger partial charge in [-0.2, -0.15) is 0 Å². The average Bonchev–Trinajstić information content (AvgIpc) is 2.29. The molecule has 0 aliphatic carbocycles. The molecule has 0 saturated heterocycles. The summed E-state index contributed by atoms with van der Waals surface area (Å²) in [6, 6.07) is 7.47. The molecule has 0 bridgehead atoms. The van der Waals surface area contributed by atoms with Crippen LogP contribution in [-0.4, -0.2) is 19.2 Å². The first-order chi connectivity index (χ1) is 8.49. The number of carbonyl (C=O) groups excluding carboxylic acids is 1. The van der Waals surface area contributed by atoms with Crippen molar-refractivity contribution in [1.29, 1.82) is 0 Å². The van der Waals surface area contributed by atoms with E-state index >= 15 is 0 Å². The molecule has 0 aromatic heterocycles. The molecule has 0 aliphatic heterocycles. The lowest BCUT2D eigenvalue weighted by Crippen LogP contribution is -2.36. The Morgan fingerprint density at radius 2 is 1.83 bits per heavy atom. The maximum absolute atomic E-state index is 11.5. The third kappa shape index (κ3) is 4.04. The van der Waals surface area contributed by atoms with Crippen LogP contribution in [0.25, 0.3) is 0 Å². The van der Waals surface area contributed by atoms with E-state index in [1.54, 1.807) is 6.92 Å². The predicted octanol–water partition coefficient (Wildman–Crippen LogP) is 2.21. The van der Waals surface area contributed by atoms with Gasteiger partial charge in [0, 0.05) is 5.54 Å². The van der Waals surface area contributed by atoms with E-state index in [1.807, 2.05) is 38.1 Å². The van der Waals surface area contributed by atoms with E-state index in [2.05, 4.69) is 0 Å². The fourth-order valence-corrected chi connectivity index (χ4v) is 1.71. The van der Waals surface area contributed by atoms with Crippen LogP contribution in [0.2, 0.25) is 0 Å². The van der Waals surface area contributed by atoms with Gasteiger partial charge < -0.3 is 15.2 Å². The number of esters is 1. The number of ether oxygens (including phenoxy) is 2. The van der Waals surface area contributed by atoms with Gasteiger partial charge in [-0.25, -0.2) is 0 Å². The Labute approximate surface area is 108 Å². The van der Waals surface area contributed by atoms with Crippen molar-refractivity contribution in [3.63, 3.8) is 0 Å². The fourth-order valence-electron chi connectivity index (χ4n) is 1.71. The highest BCUT2D eigenvalue weighted by atomic mass is 16.5. The molecule has 0 amide bonds. The molecule has 1 aromatic rings. The zero-order chi connectivity index (χ0) is 13.6. The lowest BCUT2D eigenvalue weighted by Gasteiger charge is -2.24. The van der Waals surface area contributed by atoms with Crippen LogP contribution in [-0.2, 0) is 15.1 Å². The lowest BCUT2D eigenvalue weighted by molar-refractivity contribution is -0.144. The Morgan fingerprint density at radius 1 is 1.22 bits per heavy atom. The second-order valence-corrected chi connectivity index (χ2v) is 4.36. The van der Waals surface area contributed by atoms with Gasteiger partial charge in [-0.1, -0.05) is 12.1 Å². The predicted molar refractivity (Wildman–Crippen MR) is 70.4 cm³/mol. The second-order valence-electron chi connectivity index (χ2n) is 4.36. The summed E-state index contributed by atoms with van der Waals surface area (Å²) in [6.45, 7) is 6.53. The van der Waals surface area contributed by atoms with Gasteiger partial charge in [0.15, 0.2) is 0 Å². The summed E-state index contributed by atoms with van der Waals surface area (Å²) in [5.41, 5.74) is 6.31. The molecule has 1 aromatic carbocycles. The van der Waals surface area contributed by atoms with Gasteiger partial charge in [0.2, 0.25) is 0 Å². The molecule has 2 N–H and O–H groups in total. The molecular weight excluding hydrogens is 230 g/mol. The van der Waals surface area contributed by atoms with Crippen molar-refractivity contribution in [2.45, 2.75) is 32.7 Å². The molecule has 1 atom stereocenters. The van der Waals surface area contributed by atoms with Crippen molar-refractivity contribution in [2.24, 2.45) is 5.73 Å².